The van der Waals surface area contributed by atoms with E-state index >= 15 is 0 Å². The molecule has 5 atom stereocenters. The van der Waals surface area contributed by atoms with Crippen LogP contribution >= 0.6 is 0 Å². The summed E-state index contributed by atoms with van der Waals surface area (Å²) in [4.78, 5) is 0. The Hall–Kier alpha value is -0.0400. The molecule has 0 aromatic heterocycles. The van der Waals surface area contributed by atoms with Crippen molar-refractivity contribution >= 4 is 0 Å². The molecule has 1 spiro atoms. The largest absolute Gasteiger partial charge is 0.392 e. The molecule has 2 aliphatic rings. The van der Waals surface area contributed by atoms with Crippen LogP contribution in [-0.4, -0.2) is 11.2 Å². The fourth-order valence-electron chi connectivity index (χ4n) is 4.39. The van der Waals surface area contributed by atoms with Crippen LogP contribution in [0.3, 0.4) is 0 Å². The summed E-state index contributed by atoms with van der Waals surface area (Å²) in [5.74, 6) is 2.72. The lowest BCUT2D eigenvalue weighted by atomic mass is 9.58. The Balaban J connectivity index is 2.20. The minimum absolute atomic E-state index is 0.0406. The van der Waals surface area contributed by atoms with Gasteiger partial charge in [0, 0.05) is 0 Å². The normalized spacial score (nSPS) is 49.1. The van der Waals surface area contributed by atoms with Gasteiger partial charge in [0.05, 0.1) is 6.10 Å². The van der Waals surface area contributed by atoms with E-state index < -0.39 is 0 Å². The molecule has 0 aromatic carbocycles. The van der Waals surface area contributed by atoms with E-state index in [0.717, 1.165) is 11.8 Å². The van der Waals surface area contributed by atoms with Crippen LogP contribution in [-0.2, 0) is 0 Å². The zero-order valence-electron chi connectivity index (χ0n) is 11.4. The highest BCUT2D eigenvalue weighted by Gasteiger charge is 2.52. The van der Waals surface area contributed by atoms with Crippen LogP contribution in [0.15, 0.2) is 0 Å². The van der Waals surface area contributed by atoms with Gasteiger partial charge in [-0.3, -0.25) is 0 Å². The summed E-state index contributed by atoms with van der Waals surface area (Å²) in [5, 5.41) is 10.8. The van der Waals surface area contributed by atoms with E-state index in [0.29, 0.717) is 11.8 Å². The zero-order valence-corrected chi connectivity index (χ0v) is 11.4. The van der Waals surface area contributed by atoms with Crippen LogP contribution in [0.25, 0.3) is 0 Å². The molecule has 0 saturated heterocycles. The summed E-state index contributed by atoms with van der Waals surface area (Å²) in [6.45, 7) is 9.27. The topological polar surface area (TPSA) is 20.2 Å². The quantitative estimate of drug-likeness (QED) is 0.717. The maximum absolute atomic E-state index is 10.8. The molecule has 1 nitrogen and oxygen atoms in total. The van der Waals surface area contributed by atoms with Crippen molar-refractivity contribution in [2.24, 2.45) is 29.1 Å². The van der Waals surface area contributed by atoms with Gasteiger partial charge in [-0.2, -0.15) is 0 Å². The van der Waals surface area contributed by atoms with Crippen LogP contribution in [0.5, 0.6) is 0 Å². The average molecular weight is 224 g/mol. The Bertz CT molecular complexity index is 248. The van der Waals surface area contributed by atoms with Gasteiger partial charge in [-0.1, -0.05) is 34.1 Å². The first kappa shape index (κ1) is 12.4. The van der Waals surface area contributed by atoms with Gasteiger partial charge < -0.3 is 5.11 Å². The van der Waals surface area contributed by atoms with Gasteiger partial charge >= 0.3 is 0 Å². The van der Waals surface area contributed by atoms with Crippen LogP contribution in [0.2, 0.25) is 0 Å². The van der Waals surface area contributed by atoms with E-state index in [-0.39, 0.29) is 11.5 Å². The van der Waals surface area contributed by atoms with Gasteiger partial charge in [0.2, 0.25) is 0 Å². The molecule has 0 amide bonds. The van der Waals surface area contributed by atoms with Crippen molar-refractivity contribution in [1.29, 1.82) is 0 Å². The Morgan fingerprint density at radius 2 is 1.81 bits per heavy atom. The standard InChI is InChI=1S/C15H28O/c1-10(2)13-6-5-12(4)15(14(13)16)8-7-11(3)9-15/h10-14,16H,5-9H2,1-4H3/t11?,12-,13+,14-,15-/m1/s1. The van der Waals surface area contributed by atoms with Crippen molar-refractivity contribution in [3.05, 3.63) is 0 Å². The zero-order chi connectivity index (χ0) is 11.9. The molecule has 2 rings (SSSR count). The molecule has 2 saturated carbocycles. The Labute approximate surface area is 101 Å². The second-order valence-electron chi connectivity index (χ2n) is 6.91. The van der Waals surface area contributed by atoms with E-state index in [1.165, 1.54) is 32.1 Å². The van der Waals surface area contributed by atoms with Crippen molar-refractivity contribution in [2.75, 3.05) is 0 Å². The third-order valence-corrected chi connectivity index (χ3v) is 5.60. The first-order valence-electron chi connectivity index (χ1n) is 7.15. The monoisotopic (exact) mass is 224 g/mol. The fourth-order valence-corrected chi connectivity index (χ4v) is 4.39. The summed E-state index contributed by atoms with van der Waals surface area (Å²) < 4.78 is 0. The second kappa shape index (κ2) is 4.33. The minimum Gasteiger partial charge on any atom is -0.392 e. The van der Waals surface area contributed by atoms with E-state index in [4.69, 9.17) is 0 Å². The SMILES string of the molecule is CC1CC[C@@]2(C1)[C@H](C)CC[C@@H](C(C)C)[C@H]2O. The first-order valence-corrected chi connectivity index (χ1v) is 7.15. The van der Waals surface area contributed by atoms with Gasteiger partial charge in [-0.05, 0) is 54.8 Å². The number of rotatable bonds is 1. The summed E-state index contributed by atoms with van der Waals surface area (Å²) in [6, 6.07) is 0. The third kappa shape index (κ3) is 1.81. The molecule has 2 fully saturated rings. The van der Waals surface area contributed by atoms with Crippen molar-refractivity contribution in [2.45, 2.75) is 65.9 Å². The average Bonchev–Trinajstić information content (AvgIpc) is 2.59. The van der Waals surface area contributed by atoms with Crippen LogP contribution < -0.4 is 0 Å². The van der Waals surface area contributed by atoms with Crippen LogP contribution in [0, 0.1) is 29.1 Å². The summed E-state index contributed by atoms with van der Waals surface area (Å²) in [7, 11) is 0. The lowest BCUT2D eigenvalue weighted by Gasteiger charge is -2.49. The van der Waals surface area contributed by atoms with Crippen molar-refractivity contribution in [1.82, 2.24) is 0 Å². The first-order chi connectivity index (χ1) is 7.47. The third-order valence-electron chi connectivity index (χ3n) is 5.60. The van der Waals surface area contributed by atoms with E-state index in [1.54, 1.807) is 0 Å². The minimum atomic E-state index is -0.0406. The van der Waals surface area contributed by atoms with Crippen molar-refractivity contribution < 1.29 is 5.11 Å². The lowest BCUT2D eigenvalue weighted by molar-refractivity contribution is -0.0962. The summed E-state index contributed by atoms with van der Waals surface area (Å²) in [5.41, 5.74) is 0.270. The number of hydrogen-bond donors (Lipinski definition) is 1. The molecule has 1 heteroatoms. The molecule has 0 radical (unpaired) electrons. The van der Waals surface area contributed by atoms with Crippen molar-refractivity contribution in [3.8, 4) is 0 Å². The molecule has 0 aliphatic heterocycles. The number of aliphatic hydroxyl groups is 1. The number of aliphatic hydroxyl groups excluding tert-OH is 1. The summed E-state index contributed by atoms with van der Waals surface area (Å²) >= 11 is 0. The lowest BCUT2D eigenvalue weighted by Crippen LogP contribution is -2.48. The van der Waals surface area contributed by atoms with Crippen molar-refractivity contribution in [3.63, 3.8) is 0 Å². The van der Waals surface area contributed by atoms with E-state index in [2.05, 4.69) is 27.7 Å². The smallest absolute Gasteiger partial charge is 0.0629 e. The Morgan fingerprint density at radius 3 is 2.31 bits per heavy atom. The predicted molar refractivity (Wildman–Crippen MR) is 68.2 cm³/mol. The summed E-state index contributed by atoms with van der Waals surface area (Å²) in [6.07, 6.45) is 6.37. The molecule has 0 aromatic rings. The molecule has 1 unspecified atom stereocenters. The molecule has 94 valence electrons. The molecular formula is C15H28O. The highest BCUT2D eigenvalue weighted by atomic mass is 16.3. The van der Waals surface area contributed by atoms with Gasteiger partial charge in [0.1, 0.15) is 0 Å². The molecule has 0 bridgehead atoms. The fraction of sp³-hybridized carbons (Fsp3) is 1.00. The van der Waals surface area contributed by atoms with Gasteiger partial charge in [0.15, 0.2) is 0 Å². The molecule has 0 heterocycles. The molecule has 16 heavy (non-hydrogen) atoms. The van der Waals surface area contributed by atoms with E-state index in [1.807, 2.05) is 0 Å². The second-order valence-corrected chi connectivity index (χ2v) is 6.91. The van der Waals surface area contributed by atoms with Crippen LogP contribution in [0.4, 0.5) is 0 Å². The van der Waals surface area contributed by atoms with Gasteiger partial charge in [-0.25, -0.2) is 0 Å². The predicted octanol–water partition coefficient (Wildman–Crippen LogP) is 3.86. The van der Waals surface area contributed by atoms with E-state index in [9.17, 15) is 5.11 Å². The molecular weight excluding hydrogens is 196 g/mol. The number of hydrogen-bond acceptors (Lipinski definition) is 1. The maximum atomic E-state index is 10.8. The van der Waals surface area contributed by atoms with Gasteiger partial charge in [-0.15, -0.1) is 0 Å². The van der Waals surface area contributed by atoms with Gasteiger partial charge in [0.25, 0.3) is 0 Å². The molecule has 2 aliphatic carbocycles. The Kier molecular flexibility index (Phi) is 3.36. The Morgan fingerprint density at radius 1 is 1.12 bits per heavy atom. The highest BCUT2D eigenvalue weighted by Crippen LogP contribution is 2.56. The maximum Gasteiger partial charge on any atom is 0.0629 e. The molecule has 1 N–H and O–H groups in total. The van der Waals surface area contributed by atoms with Crippen LogP contribution in [0.1, 0.15) is 59.8 Å². The highest BCUT2D eigenvalue weighted by molar-refractivity contribution is 5.02.